The second-order valence-corrected chi connectivity index (χ2v) is 17.0. The summed E-state index contributed by atoms with van der Waals surface area (Å²) < 4.78 is 216. The highest BCUT2D eigenvalue weighted by Gasteiger charge is 2.46. The van der Waals surface area contributed by atoms with Crippen LogP contribution in [0.4, 0.5) is 17.1 Å². The fourth-order valence-electron chi connectivity index (χ4n) is 10.2. The fourth-order valence-corrected chi connectivity index (χ4v) is 10.2. The lowest BCUT2D eigenvalue weighted by Gasteiger charge is -2.35. The molecule has 2 aliphatic carbocycles. The molecule has 69 heavy (non-hydrogen) atoms. The predicted molar refractivity (Wildman–Crippen MR) is 290 cm³/mol. The van der Waals surface area contributed by atoms with Gasteiger partial charge in [0.15, 0.2) is 0 Å². The van der Waals surface area contributed by atoms with Crippen LogP contribution in [-0.4, -0.2) is 0 Å². The minimum Gasteiger partial charge on any atom is -0.310 e. The average molecular weight is 903 g/mol. The minimum absolute atomic E-state index is 0.343. The standard InChI is InChI=1S/C68H49N/c1-67(2)62-28-16-14-26-58(62)60-42-35-50(44-64(60)67)66-56-25-13-12-20-48(56)34-41-57(66)49-32-38-54(39-33-49)69(53-36-30-47(31-37-53)46-18-6-3-7-19-46)55-40-43-61-59-27-15-17-29-63(59)68(65(61)45-55,51-21-8-4-9-22-51)52-23-10-5-11-24-52/h3-45H,1-2H3/i1D3,2D3,12D,13D,14D,16D,20D,25D,26D,28D,32D,33D,34D,35D,38D,39D,41D,42D,44D. The molecule has 2 aliphatic rings. The first-order valence-electron chi connectivity index (χ1n) is 33.8. The largest absolute Gasteiger partial charge is 0.310 e. The normalized spacial score (nSPS) is 18.7. The maximum Gasteiger partial charge on any atom is 0.0714 e. The van der Waals surface area contributed by atoms with Gasteiger partial charge in [-0.1, -0.05) is 232 Å². The zero-order chi connectivity index (χ0) is 65.9. The summed E-state index contributed by atoms with van der Waals surface area (Å²) in [6.45, 7) is -7.75. The first-order valence-corrected chi connectivity index (χ1v) is 22.3. The van der Waals surface area contributed by atoms with E-state index in [1.165, 1.54) is 0 Å². The highest BCUT2D eigenvalue weighted by molar-refractivity contribution is 6.05. The molecule has 0 aliphatic heterocycles. The maximum atomic E-state index is 10.2. The van der Waals surface area contributed by atoms with Gasteiger partial charge in [-0.3, -0.25) is 0 Å². The van der Waals surface area contributed by atoms with Gasteiger partial charge in [0.1, 0.15) is 0 Å². The van der Waals surface area contributed by atoms with E-state index < -0.39 is 183 Å². The molecule has 0 amide bonds. The topological polar surface area (TPSA) is 3.24 Å². The highest BCUT2D eigenvalue weighted by Crippen LogP contribution is 2.57. The molecule has 1 heteroatoms. The summed E-state index contributed by atoms with van der Waals surface area (Å²) in [4.78, 5) is 1.56. The summed E-state index contributed by atoms with van der Waals surface area (Å²) in [5, 5.41) is -1.48. The van der Waals surface area contributed by atoms with Crippen molar-refractivity contribution in [2.24, 2.45) is 0 Å². The molecular weight excluding hydrogens is 831 g/mol. The average Bonchev–Trinajstić information content (AvgIpc) is 1.47. The van der Waals surface area contributed by atoms with Gasteiger partial charge in [-0.05, 0) is 142 Å². The molecule has 0 heterocycles. The van der Waals surface area contributed by atoms with Gasteiger partial charge in [-0.2, -0.15) is 0 Å². The lowest BCUT2D eigenvalue weighted by Crippen LogP contribution is -2.28. The number of anilines is 3. The molecule has 0 atom stereocenters. The number of rotatable bonds is 8. The third-order valence-corrected chi connectivity index (χ3v) is 13.3. The number of nitrogens with zero attached hydrogens (tertiary/aromatic N) is 1. The van der Waals surface area contributed by atoms with Crippen molar-refractivity contribution in [1.82, 2.24) is 0 Å². The van der Waals surface area contributed by atoms with Crippen LogP contribution in [-0.2, 0) is 10.8 Å². The molecule has 0 unspecified atom stereocenters. The molecule has 11 aromatic rings. The Labute approximate surface area is 437 Å². The van der Waals surface area contributed by atoms with Gasteiger partial charge in [0.05, 0.1) is 28.7 Å². The van der Waals surface area contributed by atoms with E-state index in [0.717, 1.165) is 44.5 Å². The van der Waals surface area contributed by atoms with Crippen LogP contribution in [0.5, 0.6) is 0 Å². The molecule has 326 valence electrons. The van der Waals surface area contributed by atoms with Gasteiger partial charge < -0.3 is 4.90 Å². The molecule has 0 radical (unpaired) electrons. The van der Waals surface area contributed by atoms with Crippen molar-refractivity contribution in [3.8, 4) is 55.6 Å². The number of benzene rings is 11. The summed E-state index contributed by atoms with van der Waals surface area (Å²) in [5.41, 5.74) is -4.40. The molecule has 0 spiro atoms. The number of fused-ring (bicyclic) bond motifs is 7. The van der Waals surface area contributed by atoms with Crippen LogP contribution in [0.25, 0.3) is 66.4 Å². The van der Waals surface area contributed by atoms with Crippen molar-refractivity contribution in [1.29, 1.82) is 0 Å². The molecule has 0 N–H and O–H groups in total. The molecule has 11 aromatic carbocycles. The summed E-state index contributed by atoms with van der Waals surface area (Å²) >= 11 is 0. The molecule has 0 bridgehead atoms. The summed E-state index contributed by atoms with van der Waals surface area (Å²) in [6, 6.07) is 33.5. The van der Waals surface area contributed by atoms with E-state index in [2.05, 4.69) is 6.07 Å². The number of hydrogen-bond donors (Lipinski definition) is 0. The Balaban J connectivity index is 1.14. The smallest absolute Gasteiger partial charge is 0.0714 e. The first-order chi connectivity index (χ1) is 43.6. The Hall–Kier alpha value is -8.52. The summed E-state index contributed by atoms with van der Waals surface area (Å²) in [5.74, 6) is 0. The molecule has 1 nitrogen and oxygen atoms in total. The van der Waals surface area contributed by atoms with E-state index in [0.29, 0.717) is 11.4 Å². The monoisotopic (exact) mass is 903 g/mol. The molecular formula is C68H49N. The maximum absolute atomic E-state index is 10.2. The third kappa shape index (κ3) is 6.38. The second-order valence-electron chi connectivity index (χ2n) is 17.0. The Morgan fingerprint density at radius 3 is 1.72 bits per heavy atom. The zero-order valence-electron chi connectivity index (χ0n) is 59.5. The Kier molecular flexibility index (Phi) is 5.47. The first kappa shape index (κ1) is 23.5. The lowest BCUT2D eigenvalue weighted by molar-refractivity contribution is 0.660. The molecule has 13 rings (SSSR count). The van der Waals surface area contributed by atoms with E-state index in [1.807, 2.05) is 133 Å². The predicted octanol–water partition coefficient (Wildman–Crippen LogP) is 18.0. The van der Waals surface area contributed by atoms with Gasteiger partial charge in [0.2, 0.25) is 0 Å². The van der Waals surface area contributed by atoms with Crippen molar-refractivity contribution in [3.63, 3.8) is 0 Å². The van der Waals surface area contributed by atoms with Crippen LogP contribution in [0.2, 0.25) is 0 Å². The van der Waals surface area contributed by atoms with Gasteiger partial charge in [0, 0.05) is 30.7 Å². The number of hydrogen-bond acceptors (Lipinski definition) is 1. The Morgan fingerprint density at radius 1 is 0.377 bits per heavy atom. The second kappa shape index (κ2) is 16.1. The van der Waals surface area contributed by atoms with Gasteiger partial charge in [0.25, 0.3) is 0 Å². The molecule has 0 saturated carbocycles. The van der Waals surface area contributed by atoms with Crippen LogP contribution in [0.1, 0.15) is 78.6 Å². The van der Waals surface area contributed by atoms with Crippen LogP contribution in [0.15, 0.2) is 260 Å². The van der Waals surface area contributed by atoms with Crippen LogP contribution in [0.3, 0.4) is 0 Å². The summed E-state index contributed by atoms with van der Waals surface area (Å²) in [6.07, 6.45) is 0. The third-order valence-electron chi connectivity index (χ3n) is 13.3. The molecule has 0 saturated heterocycles. The van der Waals surface area contributed by atoms with Crippen molar-refractivity contribution in [2.45, 2.75) is 24.5 Å². The van der Waals surface area contributed by atoms with E-state index in [9.17, 15) is 13.7 Å². The lowest BCUT2D eigenvalue weighted by atomic mass is 9.67. The Morgan fingerprint density at radius 2 is 0.971 bits per heavy atom. The van der Waals surface area contributed by atoms with Crippen molar-refractivity contribution in [3.05, 3.63) is 294 Å². The van der Waals surface area contributed by atoms with E-state index >= 15 is 0 Å². The van der Waals surface area contributed by atoms with E-state index in [1.54, 1.807) is 23.1 Å². The molecule has 0 fully saturated rings. The van der Waals surface area contributed by atoms with Crippen LogP contribution in [0, 0.1) is 0 Å². The zero-order valence-corrected chi connectivity index (χ0v) is 36.5. The Bertz CT molecular complexity index is 4890. The fraction of sp³-hybridized carbons (Fsp3) is 0.0588. The molecule has 0 aromatic heterocycles. The summed E-state index contributed by atoms with van der Waals surface area (Å²) in [7, 11) is 0. The van der Waals surface area contributed by atoms with Gasteiger partial charge in [-0.15, -0.1) is 0 Å². The van der Waals surface area contributed by atoms with Crippen molar-refractivity contribution in [2.75, 3.05) is 4.90 Å². The van der Waals surface area contributed by atoms with E-state index in [4.69, 9.17) is 17.8 Å². The quantitative estimate of drug-likeness (QED) is 0.147. The van der Waals surface area contributed by atoms with Crippen molar-refractivity contribution >= 4 is 27.8 Å². The minimum atomic E-state index is -3.88. The van der Waals surface area contributed by atoms with Crippen LogP contribution < -0.4 is 4.90 Å². The van der Waals surface area contributed by atoms with Crippen LogP contribution >= 0.6 is 0 Å². The highest BCUT2D eigenvalue weighted by atomic mass is 15.1. The van der Waals surface area contributed by atoms with Crippen molar-refractivity contribution < 1.29 is 31.5 Å². The SMILES string of the molecule is [2H]c1c([2H])c([2H])c2c(c1[2H])-c1c([2H])c([2H])c(-c3c(-c4c([2H])c([2H])c(N(c5ccc(-c6ccccc6)cc5)c5ccc6c(c5)C(c5ccccc5)(c5ccccc5)c5ccccc5-6)c([2H])c4[2H])c([2H])c([2H])c4c([2H])c([2H])c([2H])c([2H])c34)c([2H])c1C2(C([2H])([2H])[2H])C([2H])([2H])[2H]. The van der Waals surface area contributed by atoms with E-state index in [-0.39, 0.29) is 5.69 Å². The van der Waals surface area contributed by atoms with Gasteiger partial charge in [-0.25, -0.2) is 0 Å². The van der Waals surface area contributed by atoms with Gasteiger partial charge >= 0.3 is 0 Å².